The summed E-state index contributed by atoms with van der Waals surface area (Å²) in [5, 5.41) is 19.4. The lowest BCUT2D eigenvalue weighted by molar-refractivity contribution is 0.720. The number of nitrogens with zero attached hydrogens (tertiary/aromatic N) is 6. The van der Waals surface area contributed by atoms with Crippen LogP contribution in [0, 0.1) is 0 Å². The Bertz CT molecular complexity index is 933. The van der Waals surface area contributed by atoms with Gasteiger partial charge in [0.2, 0.25) is 5.82 Å². The molecule has 1 aromatic heterocycles. The average Bonchev–Trinajstić information content (AvgIpc) is 3.51. The van der Waals surface area contributed by atoms with Crippen molar-refractivity contribution in [3.63, 3.8) is 0 Å². The fourth-order valence-corrected chi connectivity index (χ4v) is 3.15. The fourth-order valence-electron chi connectivity index (χ4n) is 3.15. The zero-order valence-corrected chi connectivity index (χ0v) is 14.6. The minimum atomic E-state index is 0.591. The Morgan fingerprint density at radius 1 is 0.704 bits per heavy atom. The average molecular weight is 358 g/mol. The van der Waals surface area contributed by atoms with E-state index in [0.717, 1.165) is 60.2 Å². The number of nitrogens with one attached hydrogen (secondary N) is 2. The number of aliphatic imine (C=N–C) groups is 2. The molecule has 5 rings (SSSR count). The van der Waals surface area contributed by atoms with Gasteiger partial charge in [0.1, 0.15) is 11.7 Å². The molecule has 3 aromatic rings. The standard InChI is InChI=1S/C19H18N8/c1-3-15(4-2-13(1)17-20-9-10-21-17)19-24-26-27(25-19)16-7-5-14(6-8-16)18-22-11-12-23-18/h1-8H,9-12H2,(H,20,21)(H,22,23). The molecule has 2 aliphatic heterocycles. The summed E-state index contributed by atoms with van der Waals surface area (Å²) < 4.78 is 0. The quantitative estimate of drug-likeness (QED) is 0.727. The van der Waals surface area contributed by atoms with Crippen LogP contribution in [0.1, 0.15) is 11.1 Å². The molecule has 0 amide bonds. The fraction of sp³-hybridized carbons (Fsp3) is 0.211. The van der Waals surface area contributed by atoms with E-state index in [4.69, 9.17) is 0 Å². The minimum absolute atomic E-state index is 0.591. The Kier molecular flexibility index (Phi) is 3.86. The van der Waals surface area contributed by atoms with Gasteiger partial charge < -0.3 is 10.6 Å². The third kappa shape index (κ3) is 3.05. The highest BCUT2D eigenvalue weighted by Crippen LogP contribution is 2.17. The normalized spacial score (nSPS) is 15.9. The van der Waals surface area contributed by atoms with Gasteiger partial charge in [0.05, 0.1) is 18.8 Å². The molecule has 2 aromatic carbocycles. The van der Waals surface area contributed by atoms with Crippen molar-refractivity contribution in [2.75, 3.05) is 26.2 Å². The lowest BCUT2D eigenvalue weighted by Gasteiger charge is -2.04. The van der Waals surface area contributed by atoms with E-state index in [1.54, 1.807) is 4.80 Å². The summed E-state index contributed by atoms with van der Waals surface area (Å²) in [6.07, 6.45) is 0. The van der Waals surface area contributed by atoms with Crippen LogP contribution in [0.4, 0.5) is 0 Å². The Balaban J connectivity index is 1.36. The molecular weight excluding hydrogens is 340 g/mol. The van der Waals surface area contributed by atoms with Crippen LogP contribution in [0.2, 0.25) is 0 Å². The first-order chi connectivity index (χ1) is 13.4. The van der Waals surface area contributed by atoms with Crippen molar-refractivity contribution in [2.45, 2.75) is 0 Å². The molecule has 0 fully saturated rings. The Hall–Kier alpha value is -3.55. The number of hydrogen-bond acceptors (Lipinski definition) is 7. The highest BCUT2D eigenvalue weighted by atomic mass is 15.6. The van der Waals surface area contributed by atoms with E-state index in [-0.39, 0.29) is 0 Å². The molecule has 2 aliphatic rings. The topological polar surface area (TPSA) is 92.4 Å². The maximum absolute atomic E-state index is 4.51. The summed E-state index contributed by atoms with van der Waals surface area (Å²) in [6, 6.07) is 16.0. The number of aromatic nitrogens is 4. The Morgan fingerprint density at radius 3 is 1.81 bits per heavy atom. The molecule has 8 nitrogen and oxygen atoms in total. The second kappa shape index (κ2) is 6.64. The monoisotopic (exact) mass is 358 g/mol. The number of amidine groups is 2. The molecule has 0 saturated heterocycles. The van der Waals surface area contributed by atoms with Gasteiger partial charge in [-0.25, -0.2) is 0 Å². The molecule has 0 atom stereocenters. The van der Waals surface area contributed by atoms with Gasteiger partial charge >= 0.3 is 0 Å². The molecule has 134 valence electrons. The largest absolute Gasteiger partial charge is 0.368 e. The highest BCUT2D eigenvalue weighted by Gasteiger charge is 2.12. The van der Waals surface area contributed by atoms with E-state index in [0.29, 0.717) is 5.82 Å². The van der Waals surface area contributed by atoms with E-state index in [2.05, 4.69) is 36.0 Å². The lowest BCUT2D eigenvalue weighted by atomic mass is 10.1. The van der Waals surface area contributed by atoms with Gasteiger partial charge in [0.25, 0.3) is 0 Å². The van der Waals surface area contributed by atoms with Crippen LogP contribution in [0.15, 0.2) is 58.5 Å². The van der Waals surface area contributed by atoms with Crippen LogP contribution >= 0.6 is 0 Å². The van der Waals surface area contributed by atoms with Gasteiger partial charge in [0.15, 0.2) is 0 Å². The van der Waals surface area contributed by atoms with E-state index in [9.17, 15) is 0 Å². The predicted molar refractivity (Wildman–Crippen MR) is 103 cm³/mol. The van der Waals surface area contributed by atoms with Crippen LogP contribution in [-0.2, 0) is 0 Å². The highest BCUT2D eigenvalue weighted by molar-refractivity contribution is 6.00. The van der Waals surface area contributed by atoms with Crippen LogP contribution in [0.25, 0.3) is 17.1 Å². The van der Waals surface area contributed by atoms with Crippen molar-refractivity contribution in [3.05, 3.63) is 59.7 Å². The Morgan fingerprint density at radius 2 is 1.26 bits per heavy atom. The lowest BCUT2D eigenvalue weighted by Crippen LogP contribution is -2.19. The van der Waals surface area contributed by atoms with Crippen molar-refractivity contribution >= 4 is 11.7 Å². The van der Waals surface area contributed by atoms with Crippen LogP contribution in [0.3, 0.4) is 0 Å². The van der Waals surface area contributed by atoms with Gasteiger partial charge in [-0.1, -0.05) is 24.3 Å². The second-order valence-electron chi connectivity index (χ2n) is 6.34. The maximum atomic E-state index is 4.51. The molecule has 27 heavy (non-hydrogen) atoms. The Labute approximate surface area is 156 Å². The first kappa shape index (κ1) is 15.7. The predicted octanol–water partition coefficient (Wildman–Crippen LogP) is 1.03. The van der Waals surface area contributed by atoms with Crippen molar-refractivity contribution in [1.29, 1.82) is 0 Å². The molecule has 0 bridgehead atoms. The number of tetrazole rings is 1. The summed E-state index contributed by atoms with van der Waals surface area (Å²) in [4.78, 5) is 10.4. The van der Waals surface area contributed by atoms with Crippen LogP contribution in [-0.4, -0.2) is 58.1 Å². The first-order valence-corrected chi connectivity index (χ1v) is 8.95. The maximum Gasteiger partial charge on any atom is 0.205 e. The summed E-state index contributed by atoms with van der Waals surface area (Å²) >= 11 is 0. The van der Waals surface area contributed by atoms with Crippen molar-refractivity contribution in [3.8, 4) is 17.1 Å². The van der Waals surface area contributed by atoms with Gasteiger partial charge in [-0.05, 0) is 29.5 Å². The van der Waals surface area contributed by atoms with Crippen molar-refractivity contribution in [1.82, 2.24) is 30.8 Å². The molecule has 0 radical (unpaired) electrons. The van der Waals surface area contributed by atoms with Gasteiger partial charge in [-0.15, -0.1) is 15.0 Å². The number of benzene rings is 2. The van der Waals surface area contributed by atoms with E-state index < -0.39 is 0 Å². The molecule has 3 heterocycles. The van der Waals surface area contributed by atoms with Crippen molar-refractivity contribution in [2.24, 2.45) is 9.98 Å². The minimum Gasteiger partial charge on any atom is -0.368 e. The first-order valence-electron chi connectivity index (χ1n) is 8.95. The van der Waals surface area contributed by atoms with E-state index >= 15 is 0 Å². The summed E-state index contributed by atoms with van der Waals surface area (Å²) in [5.41, 5.74) is 3.92. The van der Waals surface area contributed by atoms with E-state index in [1.165, 1.54) is 0 Å². The summed E-state index contributed by atoms with van der Waals surface area (Å²) in [5.74, 6) is 2.48. The zero-order valence-electron chi connectivity index (χ0n) is 14.6. The number of rotatable bonds is 4. The van der Waals surface area contributed by atoms with Gasteiger partial charge in [-0.3, -0.25) is 9.98 Å². The number of hydrogen-bond donors (Lipinski definition) is 2. The second-order valence-corrected chi connectivity index (χ2v) is 6.34. The van der Waals surface area contributed by atoms with Crippen LogP contribution < -0.4 is 10.6 Å². The van der Waals surface area contributed by atoms with Gasteiger partial charge in [0, 0.05) is 29.8 Å². The third-order valence-electron chi connectivity index (χ3n) is 4.55. The smallest absolute Gasteiger partial charge is 0.205 e. The van der Waals surface area contributed by atoms with E-state index in [1.807, 2.05) is 48.5 Å². The van der Waals surface area contributed by atoms with Crippen LogP contribution in [0.5, 0.6) is 0 Å². The zero-order chi connectivity index (χ0) is 18.1. The molecule has 0 saturated carbocycles. The molecule has 0 spiro atoms. The molecule has 2 N–H and O–H groups in total. The SMILES string of the molecule is c1cc(-c2nnn(-c3ccc(C4=NCCN4)cc3)n2)ccc1C1=NCCN1. The summed E-state index contributed by atoms with van der Waals surface area (Å²) in [7, 11) is 0. The van der Waals surface area contributed by atoms with Crippen molar-refractivity contribution < 1.29 is 0 Å². The molecule has 8 heteroatoms. The molecular formula is C19H18N8. The molecule has 0 aliphatic carbocycles. The summed E-state index contributed by atoms with van der Waals surface area (Å²) in [6.45, 7) is 3.45. The van der Waals surface area contributed by atoms with Gasteiger partial charge in [-0.2, -0.15) is 0 Å². The molecule has 0 unspecified atom stereocenters. The third-order valence-corrected chi connectivity index (χ3v) is 4.55.